The summed E-state index contributed by atoms with van der Waals surface area (Å²) in [4.78, 5) is 2.55. The van der Waals surface area contributed by atoms with E-state index < -0.39 is 0 Å². The molecule has 0 aromatic heterocycles. The minimum Gasteiger partial charge on any atom is -0.308 e. The summed E-state index contributed by atoms with van der Waals surface area (Å²) in [5.74, 6) is 0.718. The first-order valence-electron chi connectivity index (χ1n) is 8.21. The van der Waals surface area contributed by atoms with Gasteiger partial charge in [0, 0.05) is 24.7 Å². The van der Waals surface area contributed by atoms with E-state index in [1.807, 2.05) is 0 Å². The van der Waals surface area contributed by atoms with Gasteiger partial charge in [-0.05, 0) is 56.7 Å². The summed E-state index contributed by atoms with van der Waals surface area (Å²) in [5.41, 5.74) is 3.09. The van der Waals surface area contributed by atoms with Gasteiger partial charge < -0.3 is 5.32 Å². The van der Waals surface area contributed by atoms with Crippen LogP contribution in [0, 0.1) is 0 Å². The number of nitrogens with one attached hydrogen (secondary N) is 1. The lowest BCUT2D eigenvalue weighted by Gasteiger charge is -2.33. The molecule has 20 heavy (non-hydrogen) atoms. The van der Waals surface area contributed by atoms with Crippen LogP contribution in [-0.2, 0) is 0 Å². The van der Waals surface area contributed by atoms with Crippen LogP contribution in [0.4, 0.5) is 0 Å². The maximum absolute atomic E-state index is 3.82. The average molecular weight is 272 g/mol. The zero-order valence-electron chi connectivity index (χ0n) is 13.1. The molecule has 0 heterocycles. The fourth-order valence-corrected chi connectivity index (χ4v) is 3.52. The summed E-state index contributed by atoms with van der Waals surface area (Å²) in [7, 11) is 2.28. The maximum Gasteiger partial charge on any atom is 0.0323 e. The number of benzene rings is 1. The predicted molar refractivity (Wildman–Crippen MR) is 85.1 cm³/mol. The molecule has 2 aliphatic carbocycles. The second kappa shape index (κ2) is 5.87. The van der Waals surface area contributed by atoms with E-state index in [4.69, 9.17) is 0 Å². The van der Waals surface area contributed by atoms with Gasteiger partial charge in [0.1, 0.15) is 0 Å². The van der Waals surface area contributed by atoms with Crippen LogP contribution in [0.1, 0.15) is 62.6 Å². The first-order chi connectivity index (χ1) is 9.66. The number of fused-ring (bicyclic) bond motifs is 1. The van der Waals surface area contributed by atoms with Gasteiger partial charge in [-0.1, -0.05) is 31.2 Å². The molecule has 1 aromatic carbocycles. The van der Waals surface area contributed by atoms with Crippen molar-refractivity contribution < 1.29 is 0 Å². The van der Waals surface area contributed by atoms with Crippen LogP contribution < -0.4 is 5.32 Å². The van der Waals surface area contributed by atoms with Crippen LogP contribution in [0.25, 0.3) is 0 Å². The molecule has 1 aromatic rings. The fourth-order valence-electron chi connectivity index (χ4n) is 3.52. The average Bonchev–Trinajstić information content (AvgIpc) is 3.30. The first-order valence-corrected chi connectivity index (χ1v) is 8.21. The minimum atomic E-state index is 0.553. The van der Waals surface area contributed by atoms with Crippen molar-refractivity contribution in [2.24, 2.45) is 0 Å². The highest BCUT2D eigenvalue weighted by Gasteiger charge is 2.30. The van der Waals surface area contributed by atoms with Crippen LogP contribution in [0.3, 0.4) is 0 Å². The van der Waals surface area contributed by atoms with E-state index in [2.05, 4.69) is 55.4 Å². The lowest BCUT2D eigenvalue weighted by Crippen LogP contribution is -2.41. The van der Waals surface area contributed by atoms with E-state index in [0.29, 0.717) is 12.1 Å². The molecule has 0 bridgehead atoms. The highest BCUT2D eigenvalue weighted by Crippen LogP contribution is 2.37. The van der Waals surface area contributed by atoms with E-state index in [1.54, 1.807) is 5.56 Å². The molecule has 3 rings (SSSR count). The summed E-state index contributed by atoms with van der Waals surface area (Å²) >= 11 is 0. The van der Waals surface area contributed by atoms with Gasteiger partial charge in [0.15, 0.2) is 0 Å². The molecule has 0 spiro atoms. The van der Waals surface area contributed by atoms with Crippen molar-refractivity contribution in [3.8, 4) is 0 Å². The molecular weight excluding hydrogens is 244 g/mol. The topological polar surface area (TPSA) is 15.3 Å². The summed E-state index contributed by atoms with van der Waals surface area (Å²) in [5, 5.41) is 3.82. The number of hydrogen-bond acceptors (Lipinski definition) is 2. The summed E-state index contributed by atoms with van der Waals surface area (Å²) < 4.78 is 0. The summed E-state index contributed by atoms with van der Waals surface area (Å²) in [6.07, 6.45) is 5.37. The first kappa shape index (κ1) is 14.1. The fraction of sp³-hybridized carbons (Fsp3) is 0.667. The van der Waals surface area contributed by atoms with Crippen LogP contribution in [0.15, 0.2) is 24.3 Å². The van der Waals surface area contributed by atoms with E-state index in [9.17, 15) is 0 Å². The third-order valence-electron chi connectivity index (χ3n) is 5.27. The SMILES string of the molecule is CC1CCC(NCC(C)N(C)C2CC2)c2ccccc21. The van der Waals surface area contributed by atoms with Gasteiger partial charge in [-0.2, -0.15) is 0 Å². The van der Waals surface area contributed by atoms with Gasteiger partial charge in [-0.15, -0.1) is 0 Å². The van der Waals surface area contributed by atoms with Crippen molar-refractivity contribution in [2.75, 3.05) is 13.6 Å². The van der Waals surface area contributed by atoms with Crippen LogP contribution in [0.5, 0.6) is 0 Å². The number of nitrogens with zero attached hydrogens (tertiary/aromatic N) is 1. The van der Waals surface area contributed by atoms with Crippen molar-refractivity contribution in [1.82, 2.24) is 10.2 Å². The third kappa shape index (κ3) is 2.91. The Hall–Kier alpha value is -0.860. The van der Waals surface area contributed by atoms with Crippen molar-refractivity contribution in [2.45, 2.75) is 63.6 Å². The molecule has 3 atom stereocenters. The van der Waals surface area contributed by atoms with Crippen molar-refractivity contribution in [3.63, 3.8) is 0 Å². The molecule has 3 unspecified atom stereocenters. The van der Waals surface area contributed by atoms with Crippen LogP contribution in [-0.4, -0.2) is 30.6 Å². The second-order valence-electron chi connectivity index (χ2n) is 6.81. The van der Waals surface area contributed by atoms with Gasteiger partial charge in [0.05, 0.1) is 0 Å². The number of likely N-dealkylation sites (N-methyl/N-ethyl adjacent to an activating group) is 1. The molecule has 2 heteroatoms. The number of hydrogen-bond donors (Lipinski definition) is 1. The molecule has 110 valence electrons. The highest BCUT2D eigenvalue weighted by atomic mass is 15.2. The molecule has 1 saturated carbocycles. The van der Waals surface area contributed by atoms with E-state index in [0.717, 1.165) is 18.5 Å². The van der Waals surface area contributed by atoms with Gasteiger partial charge in [0.2, 0.25) is 0 Å². The molecule has 1 N–H and O–H groups in total. The lowest BCUT2D eigenvalue weighted by molar-refractivity contribution is 0.232. The molecule has 0 radical (unpaired) electrons. The second-order valence-corrected chi connectivity index (χ2v) is 6.81. The Morgan fingerprint density at radius 2 is 1.85 bits per heavy atom. The molecule has 2 aliphatic rings. The zero-order chi connectivity index (χ0) is 14.1. The Kier molecular flexibility index (Phi) is 4.13. The van der Waals surface area contributed by atoms with E-state index in [-0.39, 0.29) is 0 Å². The monoisotopic (exact) mass is 272 g/mol. The van der Waals surface area contributed by atoms with Gasteiger partial charge in [-0.25, -0.2) is 0 Å². The van der Waals surface area contributed by atoms with Crippen LogP contribution in [0.2, 0.25) is 0 Å². The Labute approximate surface area is 123 Å². The quantitative estimate of drug-likeness (QED) is 0.879. The van der Waals surface area contributed by atoms with E-state index >= 15 is 0 Å². The van der Waals surface area contributed by atoms with Gasteiger partial charge >= 0.3 is 0 Å². The molecule has 2 nitrogen and oxygen atoms in total. The van der Waals surface area contributed by atoms with Crippen molar-refractivity contribution in [1.29, 1.82) is 0 Å². The Bertz CT molecular complexity index is 452. The largest absolute Gasteiger partial charge is 0.308 e. The van der Waals surface area contributed by atoms with Gasteiger partial charge in [0.25, 0.3) is 0 Å². The van der Waals surface area contributed by atoms with Gasteiger partial charge in [-0.3, -0.25) is 4.90 Å². The van der Waals surface area contributed by atoms with Crippen molar-refractivity contribution in [3.05, 3.63) is 35.4 Å². The van der Waals surface area contributed by atoms with Crippen molar-refractivity contribution >= 4 is 0 Å². The standard InChI is InChI=1S/C18H28N2/c1-13-8-11-18(17-7-5-4-6-16(13)17)19-12-14(2)20(3)15-9-10-15/h4-7,13-15,18-19H,8-12H2,1-3H3. The third-order valence-corrected chi connectivity index (χ3v) is 5.27. The Morgan fingerprint density at radius 1 is 1.15 bits per heavy atom. The number of rotatable bonds is 5. The predicted octanol–water partition coefficient (Wildman–Crippen LogP) is 3.70. The minimum absolute atomic E-state index is 0.553. The molecular formula is C18H28N2. The smallest absolute Gasteiger partial charge is 0.0323 e. The molecule has 0 saturated heterocycles. The maximum atomic E-state index is 3.82. The van der Waals surface area contributed by atoms with Crippen LogP contribution >= 0.6 is 0 Å². The summed E-state index contributed by atoms with van der Waals surface area (Å²) in [6.45, 7) is 5.81. The normalized spacial score (nSPS) is 27.4. The van der Waals surface area contributed by atoms with E-state index in [1.165, 1.54) is 31.2 Å². The highest BCUT2D eigenvalue weighted by molar-refractivity contribution is 5.34. The molecule has 0 amide bonds. The zero-order valence-corrected chi connectivity index (χ0v) is 13.1. The summed E-state index contributed by atoms with van der Waals surface area (Å²) in [6, 6.07) is 11.0. The Balaban J connectivity index is 1.62. The Morgan fingerprint density at radius 3 is 2.55 bits per heavy atom. The molecule has 1 fully saturated rings. The lowest BCUT2D eigenvalue weighted by atomic mass is 9.81. The molecule has 0 aliphatic heterocycles.